The van der Waals surface area contributed by atoms with Crippen molar-refractivity contribution in [1.82, 2.24) is 9.97 Å². The second-order valence-electron chi connectivity index (χ2n) is 5.29. The van der Waals surface area contributed by atoms with Crippen LogP contribution in [-0.4, -0.2) is 30.3 Å². The maximum absolute atomic E-state index is 11.9. The standard InChI is InChI=1S/C17H17N5O/c1-22(2)13-9-7-12(8-10-13)11-18-21-17-19-15-6-4-3-5-14(15)16(23)20-17/h3-11H,1-2H3,(H2,19,20,21,23)/b18-11+. The van der Waals surface area contributed by atoms with Crippen LogP contribution in [0, 0.1) is 0 Å². The van der Waals surface area contributed by atoms with E-state index in [1.165, 1.54) is 0 Å². The van der Waals surface area contributed by atoms with E-state index in [-0.39, 0.29) is 5.56 Å². The highest BCUT2D eigenvalue weighted by Crippen LogP contribution is 2.11. The van der Waals surface area contributed by atoms with Crippen LogP contribution in [0.5, 0.6) is 0 Å². The van der Waals surface area contributed by atoms with Crippen LogP contribution in [0.1, 0.15) is 5.56 Å². The molecule has 0 saturated carbocycles. The van der Waals surface area contributed by atoms with E-state index in [1.54, 1.807) is 18.3 Å². The highest BCUT2D eigenvalue weighted by atomic mass is 16.1. The van der Waals surface area contributed by atoms with Crippen LogP contribution < -0.4 is 15.9 Å². The summed E-state index contributed by atoms with van der Waals surface area (Å²) in [6, 6.07) is 15.1. The van der Waals surface area contributed by atoms with Gasteiger partial charge in [0.1, 0.15) is 0 Å². The van der Waals surface area contributed by atoms with Gasteiger partial charge in [-0.1, -0.05) is 24.3 Å². The molecule has 1 heterocycles. The number of nitrogens with one attached hydrogen (secondary N) is 2. The summed E-state index contributed by atoms with van der Waals surface area (Å²) in [7, 11) is 3.98. The molecule has 6 nitrogen and oxygen atoms in total. The van der Waals surface area contributed by atoms with Crippen molar-refractivity contribution in [2.24, 2.45) is 5.10 Å². The van der Waals surface area contributed by atoms with E-state index in [4.69, 9.17) is 0 Å². The lowest BCUT2D eigenvalue weighted by atomic mass is 10.2. The summed E-state index contributed by atoms with van der Waals surface area (Å²) < 4.78 is 0. The topological polar surface area (TPSA) is 73.4 Å². The molecule has 3 rings (SSSR count). The molecule has 116 valence electrons. The minimum absolute atomic E-state index is 0.191. The predicted molar refractivity (Wildman–Crippen MR) is 94.3 cm³/mol. The van der Waals surface area contributed by atoms with Crippen molar-refractivity contribution in [2.45, 2.75) is 0 Å². The Morgan fingerprint density at radius 1 is 1.13 bits per heavy atom. The molecule has 0 fully saturated rings. The van der Waals surface area contributed by atoms with E-state index in [9.17, 15) is 4.79 Å². The lowest BCUT2D eigenvalue weighted by molar-refractivity contribution is 1.12. The number of fused-ring (bicyclic) bond motifs is 1. The second kappa shape index (κ2) is 6.31. The molecule has 0 atom stereocenters. The maximum atomic E-state index is 11.9. The molecule has 6 heteroatoms. The molecule has 2 aromatic carbocycles. The third kappa shape index (κ3) is 3.37. The largest absolute Gasteiger partial charge is 0.378 e. The lowest BCUT2D eigenvalue weighted by Gasteiger charge is -2.11. The van der Waals surface area contributed by atoms with E-state index in [0.717, 1.165) is 11.3 Å². The monoisotopic (exact) mass is 307 g/mol. The van der Waals surface area contributed by atoms with Gasteiger partial charge in [0.2, 0.25) is 5.95 Å². The minimum Gasteiger partial charge on any atom is -0.378 e. The number of hydrogen-bond donors (Lipinski definition) is 2. The molecule has 0 radical (unpaired) electrons. The Morgan fingerprint density at radius 3 is 2.61 bits per heavy atom. The van der Waals surface area contributed by atoms with Gasteiger partial charge < -0.3 is 4.90 Å². The fraction of sp³-hybridized carbons (Fsp3) is 0.118. The molecule has 23 heavy (non-hydrogen) atoms. The van der Waals surface area contributed by atoms with E-state index < -0.39 is 0 Å². The Kier molecular flexibility index (Phi) is 4.05. The second-order valence-corrected chi connectivity index (χ2v) is 5.29. The number of para-hydroxylation sites is 1. The number of H-pyrrole nitrogens is 1. The van der Waals surface area contributed by atoms with Crippen molar-refractivity contribution in [3.63, 3.8) is 0 Å². The summed E-state index contributed by atoms with van der Waals surface area (Å²) in [4.78, 5) is 21.0. The minimum atomic E-state index is -0.191. The predicted octanol–water partition coefficient (Wildman–Crippen LogP) is 2.44. The number of hydrazone groups is 1. The number of hydrogen-bond acceptors (Lipinski definition) is 5. The van der Waals surface area contributed by atoms with E-state index >= 15 is 0 Å². The number of aromatic nitrogens is 2. The molecular weight excluding hydrogens is 290 g/mol. The SMILES string of the molecule is CN(C)c1ccc(/C=N/Nc2nc3ccccc3c(=O)[nH]2)cc1. The average molecular weight is 307 g/mol. The van der Waals surface area contributed by atoms with Gasteiger partial charge in [-0.2, -0.15) is 5.10 Å². The average Bonchev–Trinajstić information content (AvgIpc) is 2.55. The Balaban J connectivity index is 1.76. The van der Waals surface area contributed by atoms with Gasteiger partial charge in [0.25, 0.3) is 5.56 Å². The lowest BCUT2D eigenvalue weighted by Crippen LogP contribution is -2.11. The molecule has 0 amide bonds. The fourth-order valence-corrected chi connectivity index (χ4v) is 2.17. The summed E-state index contributed by atoms with van der Waals surface area (Å²) in [5, 5.41) is 4.67. The van der Waals surface area contributed by atoms with Crippen LogP contribution in [-0.2, 0) is 0 Å². The van der Waals surface area contributed by atoms with Crippen LogP contribution in [0.4, 0.5) is 11.6 Å². The van der Waals surface area contributed by atoms with Gasteiger partial charge >= 0.3 is 0 Å². The Morgan fingerprint density at radius 2 is 1.87 bits per heavy atom. The molecular formula is C17H17N5O. The summed E-state index contributed by atoms with van der Waals surface area (Å²) >= 11 is 0. The van der Waals surface area contributed by atoms with Gasteiger partial charge in [0.05, 0.1) is 17.1 Å². The van der Waals surface area contributed by atoms with Crippen molar-refractivity contribution in [3.05, 3.63) is 64.4 Å². The van der Waals surface area contributed by atoms with Crippen LogP contribution in [0.25, 0.3) is 10.9 Å². The van der Waals surface area contributed by atoms with Gasteiger partial charge in [-0.15, -0.1) is 0 Å². The molecule has 0 saturated heterocycles. The van der Waals surface area contributed by atoms with Crippen molar-refractivity contribution in [3.8, 4) is 0 Å². The van der Waals surface area contributed by atoms with E-state index in [1.807, 2.05) is 55.4 Å². The van der Waals surface area contributed by atoms with Gasteiger partial charge in [-0.05, 0) is 29.8 Å². The van der Waals surface area contributed by atoms with Crippen LogP contribution in [0.2, 0.25) is 0 Å². The van der Waals surface area contributed by atoms with Crippen molar-refractivity contribution >= 4 is 28.8 Å². The van der Waals surface area contributed by atoms with Gasteiger partial charge in [-0.25, -0.2) is 10.4 Å². The molecule has 3 aromatic rings. The first-order valence-corrected chi connectivity index (χ1v) is 7.19. The summed E-state index contributed by atoms with van der Waals surface area (Å²) in [5.74, 6) is 0.315. The maximum Gasteiger partial charge on any atom is 0.260 e. The van der Waals surface area contributed by atoms with Crippen molar-refractivity contribution in [2.75, 3.05) is 24.4 Å². The van der Waals surface area contributed by atoms with Gasteiger partial charge in [0.15, 0.2) is 0 Å². The first-order valence-electron chi connectivity index (χ1n) is 7.19. The smallest absolute Gasteiger partial charge is 0.260 e. The summed E-state index contributed by atoms with van der Waals surface area (Å²) in [6.45, 7) is 0. The molecule has 0 bridgehead atoms. The normalized spacial score (nSPS) is 11.0. The van der Waals surface area contributed by atoms with Gasteiger partial charge in [0, 0.05) is 19.8 Å². The fourth-order valence-electron chi connectivity index (χ4n) is 2.17. The number of nitrogens with zero attached hydrogens (tertiary/aromatic N) is 3. The number of anilines is 2. The Bertz CT molecular complexity index is 897. The molecule has 0 aliphatic rings. The van der Waals surface area contributed by atoms with E-state index in [0.29, 0.717) is 16.9 Å². The zero-order valence-electron chi connectivity index (χ0n) is 12.9. The highest BCUT2D eigenvalue weighted by molar-refractivity contribution is 5.81. The van der Waals surface area contributed by atoms with Crippen LogP contribution in [0.15, 0.2) is 58.4 Å². The zero-order chi connectivity index (χ0) is 16.2. The highest BCUT2D eigenvalue weighted by Gasteiger charge is 2.01. The molecule has 0 unspecified atom stereocenters. The molecule has 1 aromatic heterocycles. The number of aromatic amines is 1. The number of rotatable bonds is 4. The molecule has 0 aliphatic heterocycles. The van der Waals surface area contributed by atoms with Crippen molar-refractivity contribution < 1.29 is 0 Å². The number of benzene rings is 2. The van der Waals surface area contributed by atoms with Crippen LogP contribution >= 0.6 is 0 Å². The first kappa shape index (κ1) is 14.8. The van der Waals surface area contributed by atoms with Gasteiger partial charge in [-0.3, -0.25) is 9.78 Å². The van der Waals surface area contributed by atoms with E-state index in [2.05, 4.69) is 20.5 Å². The Labute approximate surface area is 133 Å². The Hall–Kier alpha value is -3.15. The van der Waals surface area contributed by atoms with Crippen molar-refractivity contribution in [1.29, 1.82) is 0 Å². The summed E-state index contributed by atoms with van der Waals surface area (Å²) in [5.41, 5.74) is 5.26. The molecule has 0 aliphatic carbocycles. The first-order chi connectivity index (χ1) is 11.1. The zero-order valence-corrected chi connectivity index (χ0v) is 12.9. The summed E-state index contributed by atoms with van der Waals surface area (Å²) in [6.07, 6.45) is 1.68. The van der Waals surface area contributed by atoms with Crippen LogP contribution in [0.3, 0.4) is 0 Å². The molecule has 2 N–H and O–H groups in total. The third-order valence-electron chi connectivity index (χ3n) is 3.41. The molecule has 0 spiro atoms. The quantitative estimate of drug-likeness (QED) is 0.573. The third-order valence-corrected chi connectivity index (χ3v) is 3.41.